The van der Waals surface area contributed by atoms with E-state index in [1.54, 1.807) is 6.07 Å². The van der Waals surface area contributed by atoms with Gasteiger partial charge in [-0.1, -0.05) is 26.8 Å². The lowest BCUT2D eigenvalue weighted by Gasteiger charge is -2.48. The number of hydrogen-bond acceptors (Lipinski definition) is 5. The molecule has 1 fully saturated rings. The second-order valence-electron chi connectivity index (χ2n) is 12.0. The van der Waals surface area contributed by atoms with Gasteiger partial charge in [-0.2, -0.15) is 0 Å². The molecule has 4 unspecified atom stereocenters. The van der Waals surface area contributed by atoms with Gasteiger partial charge >= 0.3 is 0 Å². The number of hydrogen-bond donors (Lipinski definition) is 3. The molecule has 3 aliphatic heterocycles. The van der Waals surface area contributed by atoms with Crippen molar-refractivity contribution in [1.82, 2.24) is 10.2 Å². The third-order valence-corrected chi connectivity index (χ3v) is 9.79. The second-order valence-corrected chi connectivity index (χ2v) is 12.0. The van der Waals surface area contributed by atoms with Gasteiger partial charge in [-0.3, -0.25) is 14.4 Å². The van der Waals surface area contributed by atoms with E-state index in [2.05, 4.69) is 15.6 Å². The van der Waals surface area contributed by atoms with Crippen LogP contribution in [0.3, 0.4) is 0 Å². The molecule has 2 aromatic rings. The summed E-state index contributed by atoms with van der Waals surface area (Å²) in [5.41, 5.74) is 1.92. The number of rotatable bonds is 6. The van der Waals surface area contributed by atoms with Crippen LogP contribution in [0.2, 0.25) is 0 Å². The Labute approximate surface area is 242 Å². The number of halogens is 2. The van der Waals surface area contributed by atoms with Gasteiger partial charge in [-0.15, -0.1) is 0 Å². The number of benzene rings is 2. The van der Waals surface area contributed by atoms with Crippen LogP contribution in [-0.2, 0) is 27.2 Å². The summed E-state index contributed by atoms with van der Waals surface area (Å²) in [6.07, 6.45) is 2.63. The summed E-state index contributed by atoms with van der Waals surface area (Å²) < 4.78 is 28.3. The molecule has 0 saturated carbocycles. The lowest BCUT2D eigenvalue weighted by molar-refractivity contribution is -0.165. The zero-order chi connectivity index (χ0) is 30.0. The number of carbonyl (C=O) groups is 3. The Kier molecular flexibility index (Phi) is 6.79. The summed E-state index contributed by atoms with van der Waals surface area (Å²) in [7, 11) is 0. The first-order valence-corrected chi connectivity index (χ1v) is 14.5. The van der Waals surface area contributed by atoms with Crippen LogP contribution >= 0.6 is 0 Å². The highest BCUT2D eigenvalue weighted by Crippen LogP contribution is 2.51. The Morgan fingerprint density at radius 3 is 2.48 bits per heavy atom. The molecule has 4 aliphatic rings. The molecule has 1 aliphatic carbocycles. The normalized spacial score (nSPS) is 27.5. The molecule has 1 spiro atoms. The molecular formula is C32H34F2N4O4. The van der Waals surface area contributed by atoms with Gasteiger partial charge in [-0.25, -0.2) is 13.8 Å². The molecule has 0 radical (unpaired) electrons. The second kappa shape index (κ2) is 10.1. The first kappa shape index (κ1) is 28.2. The highest BCUT2D eigenvalue weighted by Gasteiger charge is 2.55. The van der Waals surface area contributed by atoms with Crippen molar-refractivity contribution in [2.45, 2.75) is 65.0 Å². The lowest BCUT2D eigenvalue weighted by Crippen LogP contribution is -2.58. The van der Waals surface area contributed by atoms with Gasteiger partial charge in [0.2, 0.25) is 17.7 Å². The average Bonchev–Trinajstić information content (AvgIpc) is 3.58. The number of aliphatic hydroxyl groups is 1. The Morgan fingerprint density at radius 2 is 1.79 bits per heavy atom. The summed E-state index contributed by atoms with van der Waals surface area (Å²) in [4.78, 5) is 46.0. The predicted molar refractivity (Wildman–Crippen MR) is 152 cm³/mol. The van der Waals surface area contributed by atoms with Gasteiger partial charge in [0.25, 0.3) is 0 Å². The third-order valence-electron chi connectivity index (χ3n) is 9.79. The van der Waals surface area contributed by atoms with Crippen LogP contribution in [0.25, 0.3) is 0 Å². The van der Waals surface area contributed by atoms with Crippen molar-refractivity contribution in [2.24, 2.45) is 21.7 Å². The molecule has 42 heavy (non-hydrogen) atoms. The van der Waals surface area contributed by atoms with Gasteiger partial charge in [0, 0.05) is 23.9 Å². The van der Waals surface area contributed by atoms with Crippen LogP contribution in [0, 0.1) is 28.4 Å². The molecule has 3 N–H and O–H groups in total. The van der Waals surface area contributed by atoms with E-state index in [1.807, 2.05) is 39.1 Å². The monoisotopic (exact) mass is 576 g/mol. The molecule has 0 aromatic heterocycles. The van der Waals surface area contributed by atoms with Crippen LogP contribution in [0.4, 0.5) is 14.5 Å². The smallest absolute Gasteiger partial charge is 0.244 e. The minimum Gasteiger partial charge on any atom is -0.392 e. The Morgan fingerprint density at radius 1 is 1.10 bits per heavy atom. The van der Waals surface area contributed by atoms with Crippen molar-refractivity contribution in [3.8, 4) is 0 Å². The number of piperidine rings is 1. The van der Waals surface area contributed by atoms with Gasteiger partial charge in [0.05, 0.1) is 23.0 Å². The zero-order valence-electron chi connectivity index (χ0n) is 23.8. The fourth-order valence-corrected chi connectivity index (χ4v) is 7.54. The molecule has 1 saturated heterocycles. The van der Waals surface area contributed by atoms with Crippen LogP contribution in [0.1, 0.15) is 62.8 Å². The largest absolute Gasteiger partial charge is 0.392 e. The highest BCUT2D eigenvalue weighted by atomic mass is 19.1. The molecule has 220 valence electrons. The molecule has 3 heterocycles. The minimum absolute atomic E-state index is 0.0482. The first-order chi connectivity index (χ1) is 20.0. The van der Waals surface area contributed by atoms with Crippen LogP contribution in [0.5, 0.6) is 0 Å². The zero-order valence-corrected chi connectivity index (χ0v) is 23.8. The maximum Gasteiger partial charge on any atom is 0.244 e. The molecule has 0 bridgehead atoms. The molecular weight excluding hydrogens is 542 g/mol. The molecule has 8 nitrogen and oxygen atoms in total. The van der Waals surface area contributed by atoms with Crippen molar-refractivity contribution in [2.75, 3.05) is 11.9 Å². The van der Waals surface area contributed by atoms with Crippen LogP contribution < -0.4 is 10.6 Å². The fourth-order valence-electron chi connectivity index (χ4n) is 7.54. The van der Waals surface area contributed by atoms with Gasteiger partial charge in [-0.05, 0) is 78.6 Å². The maximum atomic E-state index is 14.2. The summed E-state index contributed by atoms with van der Waals surface area (Å²) in [5, 5.41) is 16.8. The Balaban J connectivity index is 1.24. The molecule has 10 heteroatoms. The summed E-state index contributed by atoms with van der Waals surface area (Å²) in [6, 6.07) is 7.68. The van der Waals surface area contributed by atoms with Crippen molar-refractivity contribution < 1.29 is 28.3 Å². The van der Waals surface area contributed by atoms with E-state index in [0.29, 0.717) is 37.2 Å². The number of anilines is 1. The van der Waals surface area contributed by atoms with Crippen molar-refractivity contribution >= 4 is 29.6 Å². The quantitative estimate of drug-likeness (QED) is 0.479. The van der Waals surface area contributed by atoms with Crippen molar-refractivity contribution in [3.63, 3.8) is 0 Å². The molecule has 2 aromatic carbocycles. The predicted octanol–water partition coefficient (Wildman–Crippen LogP) is 4.19. The number of amides is 3. The Hall–Kier alpha value is -3.92. The number of likely N-dealkylation sites (tertiary alicyclic amines) is 1. The SMILES string of the molecule is CCC1(CC)C(=O)N(CC(=O)Nc2ccc3c(c2)CC2(C3)C(=O)NC3=C2C(C)C=N3)C(c2cc(F)cc(F)c2)CC1O. The molecule has 6 rings (SSSR count). The summed E-state index contributed by atoms with van der Waals surface area (Å²) in [6.45, 7) is 5.29. The van der Waals surface area contributed by atoms with Crippen LogP contribution in [-0.4, -0.2) is 46.6 Å². The number of aliphatic hydroxyl groups excluding tert-OH is 1. The lowest BCUT2D eigenvalue weighted by atomic mass is 9.69. The fraction of sp³-hybridized carbons (Fsp3) is 0.438. The number of nitrogens with one attached hydrogen (secondary N) is 2. The maximum absolute atomic E-state index is 14.2. The summed E-state index contributed by atoms with van der Waals surface area (Å²) in [5.74, 6) is -1.84. The van der Waals surface area contributed by atoms with Crippen molar-refractivity contribution in [3.05, 3.63) is 76.1 Å². The van der Waals surface area contributed by atoms with E-state index in [0.717, 1.165) is 34.9 Å². The van der Waals surface area contributed by atoms with Crippen molar-refractivity contribution in [1.29, 1.82) is 0 Å². The minimum atomic E-state index is -1.10. The van der Waals surface area contributed by atoms with Gasteiger partial charge in [0.1, 0.15) is 24.0 Å². The van der Waals surface area contributed by atoms with Gasteiger partial charge < -0.3 is 20.6 Å². The average molecular weight is 577 g/mol. The van der Waals surface area contributed by atoms with E-state index in [9.17, 15) is 28.3 Å². The molecule has 4 atom stereocenters. The number of nitrogens with zero attached hydrogens (tertiary/aromatic N) is 2. The van der Waals surface area contributed by atoms with E-state index < -0.39 is 46.4 Å². The van der Waals surface area contributed by atoms with Crippen LogP contribution in [0.15, 0.2) is 52.8 Å². The first-order valence-electron chi connectivity index (χ1n) is 14.5. The molecule has 3 amide bonds. The number of aliphatic imine (C=N–C) groups is 1. The third kappa shape index (κ3) is 4.26. The topological polar surface area (TPSA) is 111 Å². The number of fused-ring (bicyclic) bond motifs is 2. The van der Waals surface area contributed by atoms with Gasteiger partial charge in [0.15, 0.2) is 0 Å². The van der Waals surface area contributed by atoms with E-state index in [1.165, 1.54) is 4.90 Å². The summed E-state index contributed by atoms with van der Waals surface area (Å²) >= 11 is 0. The van der Waals surface area contributed by atoms with E-state index >= 15 is 0 Å². The standard InChI is InChI=1S/C32H34F2N4O4/c1-4-31(5-2)25(39)12-24(19-8-21(33)11-22(34)9-19)38(30(31)42)16-26(40)36-23-7-6-18-13-32(14-20(18)10-23)27-17(3)15-35-28(27)37-29(32)41/h6-11,15,17,24-25,39H,4-5,12-14,16H2,1-3H3,(H,36,40)(H,37,41). The van der Waals surface area contributed by atoms with E-state index in [4.69, 9.17) is 0 Å². The van der Waals surface area contributed by atoms with E-state index in [-0.39, 0.29) is 30.4 Å². The number of carbonyl (C=O) groups excluding carboxylic acids is 3. The Bertz CT molecular complexity index is 1550. The highest BCUT2D eigenvalue weighted by molar-refractivity contribution is 5.98.